The highest BCUT2D eigenvalue weighted by Crippen LogP contribution is 2.14. The average Bonchev–Trinajstić information content (AvgIpc) is 3.13. The summed E-state index contributed by atoms with van der Waals surface area (Å²) >= 11 is 0. The number of benzene rings is 2. The number of aryl methyl sites for hydroxylation is 1. The zero-order chi connectivity index (χ0) is 20.8. The van der Waals surface area contributed by atoms with Gasteiger partial charge in [-0.25, -0.2) is 8.78 Å². The van der Waals surface area contributed by atoms with Gasteiger partial charge < -0.3 is 19.9 Å². The van der Waals surface area contributed by atoms with Gasteiger partial charge in [-0.2, -0.15) is 4.98 Å². The number of rotatable bonds is 7. The van der Waals surface area contributed by atoms with Crippen LogP contribution >= 0.6 is 0 Å². The largest absolute Gasteiger partial charge is 0.485 e. The number of nitrogens with one attached hydrogen (secondary N) is 2. The van der Waals surface area contributed by atoms with E-state index in [1.807, 2.05) is 0 Å². The Bertz CT molecular complexity index is 1020. The molecular formula is C19H16F2N4O4. The molecule has 2 aromatic carbocycles. The second-order valence-electron chi connectivity index (χ2n) is 5.90. The van der Waals surface area contributed by atoms with E-state index in [4.69, 9.17) is 9.26 Å². The van der Waals surface area contributed by atoms with Crippen LogP contribution in [0, 0.1) is 18.6 Å². The monoisotopic (exact) mass is 402 g/mol. The van der Waals surface area contributed by atoms with E-state index in [9.17, 15) is 18.4 Å². The van der Waals surface area contributed by atoms with E-state index in [1.54, 1.807) is 19.1 Å². The summed E-state index contributed by atoms with van der Waals surface area (Å²) in [6.45, 7) is 1.45. The molecule has 0 atom stereocenters. The number of halogens is 2. The third kappa shape index (κ3) is 5.58. The van der Waals surface area contributed by atoms with Crippen molar-refractivity contribution in [2.75, 3.05) is 11.9 Å². The average molecular weight is 402 g/mol. The molecule has 2 N–H and O–H groups in total. The van der Waals surface area contributed by atoms with Crippen LogP contribution in [0.25, 0.3) is 0 Å². The molecule has 150 valence electrons. The summed E-state index contributed by atoms with van der Waals surface area (Å²) in [5.41, 5.74) is 0.398. The molecule has 0 bridgehead atoms. The first-order valence-corrected chi connectivity index (χ1v) is 8.46. The normalized spacial score (nSPS) is 10.4. The molecule has 2 amide bonds. The Hall–Kier alpha value is -3.82. The van der Waals surface area contributed by atoms with E-state index in [2.05, 4.69) is 20.8 Å². The Kier molecular flexibility index (Phi) is 6.12. The molecular weight excluding hydrogens is 386 g/mol. The predicted molar refractivity (Wildman–Crippen MR) is 97.1 cm³/mol. The number of hydrogen-bond donors (Lipinski definition) is 2. The van der Waals surface area contributed by atoms with Gasteiger partial charge in [0.25, 0.3) is 5.91 Å². The van der Waals surface area contributed by atoms with Crippen molar-refractivity contribution in [1.82, 2.24) is 15.5 Å². The lowest BCUT2D eigenvalue weighted by molar-refractivity contribution is -0.115. The van der Waals surface area contributed by atoms with Crippen molar-refractivity contribution in [3.05, 3.63) is 71.4 Å². The number of aromatic nitrogens is 2. The van der Waals surface area contributed by atoms with Crippen LogP contribution in [0.3, 0.4) is 0 Å². The standard InChI is InChI=1S/C19H16F2N4O4/c1-11-23-17(25-29-11)10-28-14-5-2-12(3-6-14)19(27)22-9-18(26)24-13-4-7-15(20)16(21)8-13/h2-8H,9-10H2,1H3,(H,22,27)(H,24,26). The number of amides is 2. The zero-order valence-electron chi connectivity index (χ0n) is 15.2. The van der Waals surface area contributed by atoms with Crippen molar-refractivity contribution >= 4 is 17.5 Å². The van der Waals surface area contributed by atoms with Crippen molar-refractivity contribution in [2.24, 2.45) is 0 Å². The van der Waals surface area contributed by atoms with E-state index < -0.39 is 23.4 Å². The molecule has 3 rings (SSSR count). The minimum atomic E-state index is -1.08. The molecule has 0 aliphatic carbocycles. The quantitative estimate of drug-likeness (QED) is 0.629. The van der Waals surface area contributed by atoms with Gasteiger partial charge in [0.2, 0.25) is 17.6 Å². The van der Waals surface area contributed by atoms with Gasteiger partial charge in [-0.1, -0.05) is 5.16 Å². The van der Waals surface area contributed by atoms with Gasteiger partial charge in [-0.3, -0.25) is 9.59 Å². The molecule has 8 nitrogen and oxygen atoms in total. The fourth-order valence-corrected chi connectivity index (χ4v) is 2.29. The third-order valence-corrected chi connectivity index (χ3v) is 3.67. The molecule has 1 heterocycles. The van der Waals surface area contributed by atoms with Gasteiger partial charge in [0.05, 0.1) is 6.54 Å². The van der Waals surface area contributed by atoms with Crippen molar-refractivity contribution in [2.45, 2.75) is 13.5 Å². The molecule has 0 fully saturated rings. The second kappa shape index (κ2) is 8.91. The Balaban J connectivity index is 1.47. The summed E-state index contributed by atoms with van der Waals surface area (Å²) in [5.74, 6) is -1.83. The molecule has 3 aromatic rings. The lowest BCUT2D eigenvalue weighted by atomic mass is 10.2. The fourth-order valence-electron chi connectivity index (χ4n) is 2.29. The Morgan fingerprint density at radius 2 is 1.86 bits per heavy atom. The van der Waals surface area contributed by atoms with E-state index in [0.29, 0.717) is 23.0 Å². The first-order chi connectivity index (χ1) is 13.9. The number of carbonyl (C=O) groups is 2. The van der Waals surface area contributed by atoms with Gasteiger partial charge in [-0.05, 0) is 36.4 Å². The van der Waals surface area contributed by atoms with Crippen LogP contribution in [-0.4, -0.2) is 28.5 Å². The third-order valence-electron chi connectivity index (χ3n) is 3.67. The predicted octanol–water partition coefficient (Wildman–Crippen LogP) is 2.60. The molecule has 0 radical (unpaired) electrons. The van der Waals surface area contributed by atoms with E-state index in [1.165, 1.54) is 18.2 Å². The van der Waals surface area contributed by atoms with Crippen LogP contribution in [0.1, 0.15) is 22.1 Å². The molecule has 1 aromatic heterocycles. The number of ether oxygens (including phenoxy) is 1. The highest BCUT2D eigenvalue weighted by Gasteiger charge is 2.10. The summed E-state index contributed by atoms with van der Waals surface area (Å²) in [7, 11) is 0. The van der Waals surface area contributed by atoms with Crippen LogP contribution in [0.15, 0.2) is 47.0 Å². The highest BCUT2D eigenvalue weighted by atomic mass is 19.2. The Labute approximate surface area is 163 Å². The summed E-state index contributed by atoms with van der Waals surface area (Å²) in [6, 6.07) is 9.19. The maximum Gasteiger partial charge on any atom is 0.251 e. The molecule has 0 aliphatic heterocycles. The Morgan fingerprint density at radius 3 is 2.52 bits per heavy atom. The minimum Gasteiger partial charge on any atom is -0.485 e. The minimum absolute atomic E-state index is 0.0847. The lowest BCUT2D eigenvalue weighted by Gasteiger charge is -2.08. The molecule has 0 saturated heterocycles. The number of anilines is 1. The van der Waals surface area contributed by atoms with Crippen molar-refractivity contribution in [1.29, 1.82) is 0 Å². The topological polar surface area (TPSA) is 106 Å². The van der Waals surface area contributed by atoms with E-state index in [-0.39, 0.29) is 18.8 Å². The first kappa shape index (κ1) is 19.9. The van der Waals surface area contributed by atoms with E-state index >= 15 is 0 Å². The molecule has 0 unspecified atom stereocenters. The van der Waals surface area contributed by atoms with Gasteiger partial charge in [0, 0.05) is 24.2 Å². The maximum atomic E-state index is 13.1. The fraction of sp³-hybridized carbons (Fsp3) is 0.158. The van der Waals surface area contributed by atoms with Crippen molar-refractivity contribution in [3.63, 3.8) is 0 Å². The molecule has 0 spiro atoms. The first-order valence-electron chi connectivity index (χ1n) is 8.46. The second-order valence-corrected chi connectivity index (χ2v) is 5.90. The molecule has 10 heteroatoms. The van der Waals surface area contributed by atoms with Crippen molar-refractivity contribution < 1.29 is 27.6 Å². The van der Waals surface area contributed by atoms with Gasteiger partial charge in [0.15, 0.2) is 18.2 Å². The van der Waals surface area contributed by atoms with Crippen LogP contribution in [-0.2, 0) is 11.4 Å². The van der Waals surface area contributed by atoms with Crippen LogP contribution in [0.5, 0.6) is 5.75 Å². The van der Waals surface area contributed by atoms with Crippen LogP contribution in [0.2, 0.25) is 0 Å². The summed E-state index contributed by atoms with van der Waals surface area (Å²) in [5, 5.41) is 8.50. The maximum absolute atomic E-state index is 13.1. The smallest absolute Gasteiger partial charge is 0.251 e. The molecule has 29 heavy (non-hydrogen) atoms. The van der Waals surface area contributed by atoms with Crippen LogP contribution in [0.4, 0.5) is 14.5 Å². The summed E-state index contributed by atoms with van der Waals surface area (Å²) in [4.78, 5) is 28.0. The number of carbonyl (C=O) groups excluding carboxylic acids is 2. The number of hydrogen-bond acceptors (Lipinski definition) is 6. The Morgan fingerprint density at radius 1 is 1.10 bits per heavy atom. The molecule has 0 saturated carbocycles. The van der Waals surface area contributed by atoms with Crippen LogP contribution < -0.4 is 15.4 Å². The lowest BCUT2D eigenvalue weighted by Crippen LogP contribution is -2.32. The summed E-state index contributed by atoms with van der Waals surface area (Å²) < 4.78 is 36.3. The molecule has 0 aliphatic rings. The summed E-state index contributed by atoms with van der Waals surface area (Å²) in [6.07, 6.45) is 0. The highest BCUT2D eigenvalue weighted by molar-refractivity contribution is 5.99. The number of nitrogens with zero attached hydrogens (tertiary/aromatic N) is 2. The van der Waals surface area contributed by atoms with Gasteiger partial charge >= 0.3 is 0 Å². The van der Waals surface area contributed by atoms with Crippen molar-refractivity contribution in [3.8, 4) is 5.75 Å². The van der Waals surface area contributed by atoms with Gasteiger partial charge in [0.1, 0.15) is 5.75 Å². The van der Waals surface area contributed by atoms with E-state index in [0.717, 1.165) is 12.1 Å². The SMILES string of the molecule is Cc1nc(COc2ccc(C(=O)NCC(=O)Nc3ccc(F)c(F)c3)cc2)no1. The zero-order valence-corrected chi connectivity index (χ0v) is 15.2. The van der Waals surface area contributed by atoms with Gasteiger partial charge in [-0.15, -0.1) is 0 Å².